The van der Waals surface area contributed by atoms with Crippen LogP contribution >= 0.6 is 0 Å². The van der Waals surface area contributed by atoms with Gasteiger partial charge in [0.2, 0.25) is 0 Å². The van der Waals surface area contributed by atoms with Crippen molar-refractivity contribution in [2.24, 2.45) is 5.14 Å². The number of hydrogen-bond donors (Lipinski definition) is 2. The van der Waals surface area contributed by atoms with Crippen LogP contribution in [0.15, 0.2) is 29.2 Å². The van der Waals surface area contributed by atoms with Crippen molar-refractivity contribution in [3.8, 4) is 6.07 Å². The van der Waals surface area contributed by atoms with Crippen LogP contribution in [0.4, 0.5) is 0 Å². The quantitative estimate of drug-likeness (QED) is 0.672. The van der Waals surface area contributed by atoms with Crippen LogP contribution in [0, 0.1) is 16.1 Å². The fraction of sp³-hybridized carbons (Fsp3) is 0. The first kappa shape index (κ1) is 8.71. The summed E-state index contributed by atoms with van der Waals surface area (Å²) in [6.45, 7) is 0. The molecule has 0 aliphatic carbocycles. The van der Waals surface area contributed by atoms with Crippen LogP contribution in [0.1, 0.15) is 5.56 Å². The molecule has 0 heterocycles. The smallest absolute Gasteiger partial charge is 0.132 e. The van der Waals surface area contributed by atoms with Crippen LogP contribution in [0.5, 0.6) is 0 Å². The number of nitrogens with zero attached hydrogens (tertiary/aromatic N) is 1. The van der Waals surface area contributed by atoms with Gasteiger partial charge in [-0.05, 0) is 18.2 Å². The molecule has 0 spiro atoms. The monoisotopic (exact) mass is 181 g/mol. The van der Waals surface area contributed by atoms with Gasteiger partial charge in [0.25, 0.3) is 0 Å². The Bertz CT molecular complexity index is 430. The van der Waals surface area contributed by atoms with Gasteiger partial charge in [0.15, 0.2) is 0 Å². The van der Waals surface area contributed by atoms with Crippen molar-refractivity contribution >= 4 is 9.92 Å². The largest absolute Gasteiger partial charge is 0.241 e. The summed E-state index contributed by atoms with van der Waals surface area (Å²) >= 11 is 0. The van der Waals surface area contributed by atoms with E-state index in [1.54, 1.807) is 12.1 Å². The first-order valence-corrected chi connectivity index (χ1v) is 4.73. The molecular formula is C7H7N3OS. The average Bonchev–Trinajstić information content (AvgIpc) is 2.03. The summed E-state index contributed by atoms with van der Waals surface area (Å²) in [6.07, 6.45) is 0. The van der Waals surface area contributed by atoms with E-state index in [0.29, 0.717) is 5.56 Å². The minimum Gasteiger partial charge on any atom is -0.241 e. The molecule has 0 aromatic heterocycles. The van der Waals surface area contributed by atoms with Crippen molar-refractivity contribution in [3.05, 3.63) is 29.8 Å². The molecule has 4 nitrogen and oxygen atoms in total. The van der Waals surface area contributed by atoms with Gasteiger partial charge in [-0.15, -0.1) is 0 Å². The number of nitriles is 1. The number of nitrogens with two attached hydrogens (primary N) is 1. The van der Waals surface area contributed by atoms with Gasteiger partial charge in [-0.3, -0.25) is 0 Å². The van der Waals surface area contributed by atoms with E-state index in [4.69, 9.17) is 15.2 Å². The second-order valence-electron chi connectivity index (χ2n) is 2.24. The predicted molar refractivity (Wildman–Crippen MR) is 44.5 cm³/mol. The van der Waals surface area contributed by atoms with E-state index in [9.17, 15) is 4.21 Å². The van der Waals surface area contributed by atoms with Crippen LogP contribution in [-0.4, -0.2) is 4.21 Å². The van der Waals surface area contributed by atoms with E-state index < -0.39 is 9.92 Å². The molecule has 1 unspecified atom stereocenters. The maximum absolute atomic E-state index is 11.0. The SMILES string of the molecule is N#Cc1cccc(S(=N)(N)=O)c1. The molecule has 1 rings (SSSR count). The highest BCUT2D eigenvalue weighted by molar-refractivity contribution is 7.90. The molecule has 62 valence electrons. The zero-order chi connectivity index (χ0) is 9.19. The van der Waals surface area contributed by atoms with Crippen molar-refractivity contribution in [1.82, 2.24) is 0 Å². The average molecular weight is 181 g/mol. The highest BCUT2D eigenvalue weighted by atomic mass is 32.2. The first-order valence-electron chi connectivity index (χ1n) is 3.11. The molecule has 12 heavy (non-hydrogen) atoms. The van der Waals surface area contributed by atoms with Gasteiger partial charge in [-0.2, -0.15) is 5.26 Å². The van der Waals surface area contributed by atoms with Crippen LogP contribution in [0.3, 0.4) is 0 Å². The zero-order valence-electron chi connectivity index (χ0n) is 6.15. The topological polar surface area (TPSA) is 90.7 Å². The fourth-order valence-corrected chi connectivity index (χ4v) is 1.34. The van der Waals surface area contributed by atoms with Crippen molar-refractivity contribution in [2.45, 2.75) is 4.90 Å². The fourth-order valence-electron chi connectivity index (χ4n) is 0.754. The predicted octanol–water partition coefficient (Wildman–Crippen LogP) is 0.838. The Labute approximate surface area is 70.7 Å². The van der Waals surface area contributed by atoms with Gasteiger partial charge < -0.3 is 0 Å². The van der Waals surface area contributed by atoms with E-state index in [1.165, 1.54) is 12.1 Å². The summed E-state index contributed by atoms with van der Waals surface area (Å²) in [5, 5.41) is 13.5. The third kappa shape index (κ3) is 1.81. The molecule has 1 aromatic carbocycles. The highest BCUT2D eigenvalue weighted by Crippen LogP contribution is 2.08. The molecule has 0 saturated carbocycles. The Morgan fingerprint density at radius 1 is 1.58 bits per heavy atom. The first-order chi connectivity index (χ1) is 5.54. The second kappa shape index (κ2) is 2.93. The van der Waals surface area contributed by atoms with Gasteiger partial charge in [0.1, 0.15) is 9.92 Å². The molecule has 3 N–H and O–H groups in total. The van der Waals surface area contributed by atoms with Crippen LogP contribution < -0.4 is 5.14 Å². The van der Waals surface area contributed by atoms with E-state index in [0.717, 1.165) is 0 Å². The van der Waals surface area contributed by atoms with Gasteiger partial charge in [0.05, 0.1) is 16.5 Å². The van der Waals surface area contributed by atoms with Crippen LogP contribution in [-0.2, 0) is 9.92 Å². The van der Waals surface area contributed by atoms with Crippen molar-refractivity contribution in [1.29, 1.82) is 10.0 Å². The molecule has 0 amide bonds. The minimum absolute atomic E-state index is 0.182. The van der Waals surface area contributed by atoms with Crippen LogP contribution in [0.25, 0.3) is 0 Å². The lowest BCUT2D eigenvalue weighted by atomic mass is 10.2. The molecular weight excluding hydrogens is 174 g/mol. The van der Waals surface area contributed by atoms with Gasteiger partial charge in [0, 0.05) is 0 Å². The Morgan fingerprint density at radius 3 is 2.75 bits per heavy atom. The zero-order valence-corrected chi connectivity index (χ0v) is 6.97. The molecule has 5 heteroatoms. The number of hydrogen-bond acceptors (Lipinski definition) is 3. The van der Waals surface area contributed by atoms with E-state index >= 15 is 0 Å². The Balaban J connectivity index is 3.32. The molecule has 0 saturated heterocycles. The summed E-state index contributed by atoms with van der Waals surface area (Å²) in [5.41, 5.74) is 0.359. The summed E-state index contributed by atoms with van der Waals surface area (Å²) in [4.78, 5) is 0.182. The van der Waals surface area contributed by atoms with E-state index in [2.05, 4.69) is 0 Å². The lowest BCUT2D eigenvalue weighted by Crippen LogP contribution is -2.10. The number of nitrogens with one attached hydrogen (secondary N) is 1. The Hall–Kier alpha value is -1.38. The van der Waals surface area contributed by atoms with Crippen molar-refractivity contribution in [3.63, 3.8) is 0 Å². The van der Waals surface area contributed by atoms with Gasteiger partial charge in [-0.1, -0.05) is 6.07 Å². The lowest BCUT2D eigenvalue weighted by molar-refractivity contribution is 0.676. The number of benzene rings is 1. The molecule has 1 aromatic rings. The lowest BCUT2D eigenvalue weighted by Gasteiger charge is -1.99. The van der Waals surface area contributed by atoms with E-state index in [-0.39, 0.29) is 4.90 Å². The minimum atomic E-state index is -3.19. The highest BCUT2D eigenvalue weighted by Gasteiger charge is 2.03. The molecule has 1 atom stereocenters. The number of rotatable bonds is 1. The maximum atomic E-state index is 11.0. The third-order valence-corrected chi connectivity index (χ3v) is 2.27. The molecule has 0 bridgehead atoms. The Kier molecular flexibility index (Phi) is 2.13. The molecule has 0 aliphatic heterocycles. The summed E-state index contributed by atoms with van der Waals surface area (Å²) in [6, 6.07) is 7.81. The summed E-state index contributed by atoms with van der Waals surface area (Å²) in [7, 11) is -3.19. The molecule has 0 fully saturated rings. The standard InChI is InChI=1S/C7H7N3OS/c8-5-6-2-1-3-7(4-6)12(9,10)11/h1-4H,(H3,9,10,11). The van der Waals surface area contributed by atoms with Crippen LogP contribution in [0.2, 0.25) is 0 Å². The maximum Gasteiger partial charge on any atom is 0.132 e. The summed E-state index contributed by atoms with van der Waals surface area (Å²) < 4.78 is 18.0. The van der Waals surface area contributed by atoms with Gasteiger partial charge >= 0.3 is 0 Å². The molecule has 0 aliphatic rings. The second-order valence-corrected chi connectivity index (χ2v) is 3.91. The molecule has 0 radical (unpaired) electrons. The van der Waals surface area contributed by atoms with Gasteiger partial charge in [-0.25, -0.2) is 14.1 Å². The van der Waals surface area contributed by atoms with Crippen molar-refractivity contribution < 1.29 is 4.21 Å². The van der Waals surface area contributed by atoms with E-state index in [1.807, 2.05) is 6.07 Å². The van der Waals surface area contributed by atoms with Crippen molar-refractivity contribution in [2.75, 3.05) is 0 Å². The Morgan fingerprint density at radius 2 is 2.25 bits per heavy atom. The third-order valence-electron chi connectivity index (χ3n) is 1.31. The normalized spacial score (nSPS) is 14.7. The summed E-state index contributed by atoms with van der Waals surface area (Å²) in [5.74, 6) is 0.